The van der Waals surface area contributed by atoms with Crippen molar-refractivity contribution in [1.82, 2.24) is 10.1 Å². The lowest BCUT2D eigenvalue weighted by Gasteiger charge is -2.20. The van der Waals surface area contributed by atoms with Crippen LogP contribution in [-0.4, -0.2) is 22.2 Å². The molecule has 5 atom stereocenters. The average molecular weight is 388 g/mol. The molecular formula is C23H20N2O4. The molecule has 6 rings (SSSR count). The first kappa shape index (κ1) is 16.8. The van der Waals surface area contributed by atoms with Crippen molar-refractivity contribution in [3.8, 4) is 22.9 Å². The van der Waals surface area contributed by atoms with E-state index in [0.29, 0.717) is 23.6 Å². The Balaban J connectivity index is 1.21. The van der Waals surface area contributed by atoms with Crippen LogP contribution < -0.4 is 4.74 Å². The van der Waals surface area contributed by atoms with Crippen molar-refractivity contribution in [2.45, 2.75) is 31.8 Å². The predicted molar refractivity (Wildman–Crippen MR) is 103 cm³/mol. The minimum atomic E-state index is -0.114. The molecule has 6 nitrogen and oxygen atoms in total. The predicted octanol–water partition coefficient (Wildman–Crippen LogP) is 4.50. The van der Waals surface area contributed by atoms with Crippen LogP contribution in [0.5, 0.6) is 11.5 Å². The van der Waals surface area contributed by atoms with Crippen molar-refractivity contribution < 1.29 is 18.8 Å². The van der Waals surface area contributed by atoms with Gasteiger partial charge >= 0.3 is 5.97 Å². The number of rotatable bonds is 4. The maximum Gasteiger partial charge on any atom is 0.310 e. The lowest BCUT2D eigenvalue weighted by Crippen LogP contribution is -2.24. The zero-order valence-corrected chi connectivity index (χ0v) is 15.9. The van der Waals surface area contributed by atoms with Gasteiger partial charge in [-0.3, -0.25) is 4.79 Å². The molecule has 2 aliphatic carbocycles. The van der Waals surface area contributed by atoms with Gasteiger partial charge in [0.1, 0.15) is 17.6 Å². The summed E-state index contributed by atoms with van der Waals surface area (Å²) < 4.78 is 17.0. The Labute approximate surface area is 167 Å². The summed E-state index contributed by atoms with van der Waals surface area (Å²) in [6.45, 7) is 2.04. The molecule has 0 unspecified atom stereocenters. The van der Waals surface area contributed by atoms with Crippen molar-refractivity contribution >= 4 is 5.97 Å². The molecule has 2 bridgehead atoms. The first-order valence-electron chi connectivity index (χ1n) is 10.0. The second-order valence-electron chi connectivity index (χ2n) is 8.32. The minimum absolute atomic E-state index is 0.00311. The van der Waals surface area contributed by atoms with Crippen LogP contribution in [0.4, 0.5) is 0 Å². The Hall–Kier alpha value is -3.15. The SMILES string of the molecule is Cc1ccc(Oc2ccc(-c3noc([C@H]4[C@@H]5C[C@@H]6[C@@H]4C(=O)O[C@@H]6C5)n3)cc2)cc1. The molecule has 1 saturated heterocycles. The van der Waals surface area contributed by atoms with Gasteiger partial charge in [-0.1, -0.05) is 22.9 Å². The first-order valence-corrected chi connectivity index (χ1v) is 10.0. The van der Waals surface area contributed by atoms with Crippen molar-refractivity contribution in [1.29, 1.82) is 0 Å². The van der Waals surface area contributed by atoms with Crippen LogP contribution in [0.25, 0.3) is 11.4 Å². The molecule has 1 aliphatic heterocycles. The number of esters is 1. The summed E-state index contributed by atoms with van der Waals surface area (Å²) in [5, 5.41) is 4.17. The molecule has 146 valence electrons. The number of aromatic nitrogens is 2. The maximum atomic E-state index is 12.2. The topological polar surface area (TPSA) is 74.5 Å². The molecule has 0 N–H and O–H groups in total. The molecule has 1 aromatic heterocycles. The molecule has 2 aromatic carbocycles. The molecule has 0 spiro atoms. The fraction of sp³-hybridized carbons (Fsp3) is 0.348. The molecule has 6 heteroatoms. The van der Waals surface area contributed by atoms with Crippen molar-refractivity contribution in [2.24, 2.45) is 17.8 Å². The molecule has 3 aliphatic rings. The summed E-state index contributed by atoms with van der Waals surface area (Å²) in [5.74, 6) is 3.15. The van der Waals surface area contributed by atoms with Crippen LogP contribution in [0, 0.1) is 24.7 Å². The second-order valence-corrected chi connectivity index (χ2v) is 8.32. The third-order valence-corrected chi connectivity index (χ3v) is 6.58. The monoisotopic (exact) mass is 388 g/mol. The van der Waals surface area contributed by atoms with Crippen LogP contribution in [0.3, 0.4) is 0 Å². The van der Waals surface area contributed by atoms with E-state index >= 15 is 0 Å². The van der Waals surface area contributed by atoms with Crippen LogP contribution in [0.15, 0.2) is 53.1 Å². The van der Waals surface area contributed by atoms with E-state index in [2.05, 4.69) is 10.1 Å². The normalized spacial score (nSPS) is 29.3. The Morgan fingerprint density at radius 1 is 0.966 bits per heavy atom. The standard InChI is InChI=1S/C23H20N2O4/c1-12-2-6-15(7-3-12)27-16-8-4-13(5-9-16)21-24-22(29-25-21)19-14-10-17-18(11-14)28-23(26)20(17)19/h2-9,14,17-20H,10-11H2,1H3/t14-,17+,18-,19+,20+/m1/s1. The van der Waals surface area contributed by atoms with Gasteiger partial charge < -0.3 is 14.0 Å². The number of fused-ring (bicyclic) bond motifs is 1. The lowest BCUT2D eigenvalue weighted by atomic mass is 9.80. The third kappa shape index (κ3) is 2.66. The Kier molecular flexibility index (Phi) is 3.57. The van der Waals surface area contributed by atoms with Gasteiger partial charge in [0.25, 0.3) is 0 Å². The van der Waals surface area contributed by atoms with Crippen LogP contribution in [0.2, 0.25) is 0 Å². The molecule has 29 heavy (non-hydrogen) atoms. The van der Waals surface area contributed by atoms with Gasteiger partial charge in [0.15, 0.2) is 0 Å². The largest absolute Gasteiger partial charge is 0.462 e. The van der Waals surface area contributed by atoms with E-state index in [9.17, 15) is 4.79 Å². The summed E-state index contributed by atoms with van der Waals surface area (Å²) >= 11 is 0. The summed E-state index contributed by atoms with van der Waals surface area (Å²) in [5.41, 5.74) is 2.05. The van der Waals surface area contributed by atoms with Gasteiger partial charge in [-0.2, -0.15) is 4.98 Å². The molecule has 0 radical (unpaired) electrons. The van der Waals surface area contributed by atoms with E-state index in [4.69, 9.17) is 14.0 Å². The van der Waals surface area contributed by atoms with Crippen LogP contribution in [-0.2, 0) is 9.53 Å². The molecule has 3 fully saturated rings. The summed E-state index contributed by atoms with van der Waals surface area (Å²) in [6.07, 6.45) is 2.05. The maximum absolute atomic E-state index is 12.2. The highest BCUT2D eigenvalue weighted by Crippen LogP contribution is 2.61. The van der Waals surface area contributed by atoms with E-state index in [1.807, 2.05) is 55.5 Å². The summed E-state index contributed by atoms with van der Waals surface area (Å²) in [7, 11) is 0. The van der Waals surface area contributed by atoms with E-state index in [1.165, 1.54) is 5.56 Å². The fourth-order valence-electron chi connectivity index (χ4n) is 5.24. The van der Waals surface area contributed by atoms with Crippen LogP contribution >= 0.6 is 0 Å². The van der Waals surface area contributed by atoms with Gasteiger partial charge in [0.05, 0.1) is 11.8 Å². The van der Waals surface area contributed by atoms with E-state index in [-0.39, 0.29) is 23.9 Å². The number of carbonyl (C=O) groups excluding carboxylic acids is 1. The molecular weight excluding hydrogens is 368 g/mol. The fourth-order valence-corrected chi connectivity index (χ4v) is 5.24. The van der Waals surface area contributed by atoms with E-state index < -0.39 is 0 Å². The molecule has 0 amide bonds. The number of carbonyl (C=O) groups is 1. The highest BCUT2D eigenvalue weighted by Gasteiger charge is 2.63. The Morgan fingerprint density at radius 2 is 1.69 bits per heavy atom. The number of hydrogen-bond donors (Lipinski definition) is 0. The number of aryl methyl sites for hydroxylation is 1. The second kappa shape index (κ2) is 6.17. The number of benzene rings is 2. The van der Waals surface area contributed by atoms with Gasteiger partial charge in [-0.15, -0.1) is 0 Å². The summed E-state index contributed by atoms with van der Waals surface area (Å²) in [6, 6.07) is 15.5. The Morgan fingerprint density at radius 3 is 2.45 bits per heavy atom. The number of nitrogens with zero attached hydrogens (tertiary/aromatic N) is 2. The van der Waals surface area contributed by atoms with Crippen molar-refractivity contribution in [3.05, 3.63) is 60.0 Å². The van der Waals surface area contributed by atoms with Gasteiger partial charge in [-0.05, 0) is 62.1 Å². The van der Waals surface area contributed by atoms with Gasteiger partial charge in [0, 0.05) is 11.5 Å². The zero-order chi connectivity index (χ0) is 19.5. The van der Waals surface area contributed by atoms with Crippen molar-refractivity contribution in [2.75, 3.05) is 0 Å². The van der Waals surface area contributed by atoms with E-state index in [0.717, 1.165) is 29.9 Å². The highest BCUT2D eigenvalue weighted by molar-refractivity contribution is 5.78. The minimum Gasteiger partial charge on any atom is -0.462 e. The highest BCUT2D eigenvalue weighted by atomic mass is 16.6. The number of ether oxygens (including phenoxy) is 2. The lowest BCUT2D eigenvalue weighted by molar-refractivity contribution is -0.143. The van der Waals surface area contributed by atoms with Crippen LogP contribution in [0.1, 0.15) is 30.2 Å². The number of hydrogen-bond acceptors (Lipinski definition) is 6. The van der Waals surface area contributed by atoms with E-state index in [1.54, 1.807) is 0 Å². The van der Waals surface area contributed by atoms with Gasteiger partial charge in [-0.25, -0.2) is 0 Å². The average Bonchev–Trinajstić information content (AvgIpc) is 3.46. The smallest absolute Gasteiger partial charge is 0.310 e. The van der Waals surface area contributed by atoms with Crippen molar-refractivity contribution in [3.63, 3.8) is 0 Å². The molecule has 3 aromatic rings. The third-order valence-electron chi connectivity index (χ3n) is 6.58. The summed E-state index contributed by atoms with van der Waals surface area (Å²) in [4.78, 5) is 16.9. The molecule has 2 saturated carbocycles. The Bertz CT molecular complexity index is 1070. The van der Waals surface area contributed by atoms with Gasteiger partial charge in [0.2, 0.25) is 11.7 Å². The first-order chi connectivity index (χ1) is 14.2. The zero-order valence-electron chi connectivity index (χ0n) is 15.9. The molecule has 2 heterocycles. The quantitative estimate of drug-likeness (QED) is 0.613.